The normalized spacial score (nSPS) is 5.45. The van der Waals surface area contributed by atoms with Crippen LogP contribution in [0.5, 0.6) is 0 Å². The molecule has 0 aromatic carbocycles. The second-order valence-corrected chi connectivity index (χ2v) is 9.15. The Bertz CT molecular complexity index is 2140. The average molecular weight is 895 g/mol. The van der Waals surface area contributed by atoms with Crippen LogP contribution in [0.3, 0.4) is 0 Å². The van der Waals surface area contributed by atoms with Gasteiger partial charge in [-0.05, 0) is 180 Å². The standard InChI is InChI=1S/C18H2.C12H6.2C7H16.C6H8O.C6H2.3CH4.2H2O.36H2/c1-3-5-7-9-11-13-15-17-18-16-14-12-10-8-6-4-2;1-3-5-7-9-11-12-10-8-6-4-2;2*1-3-5-7-6-4-2;1-2-3-4-5-6-7;1-3-5-6-4-2;;;;;;;;;;;;;;;;;;;;;;;;;;;;;;;;;;;;;;;;;/h1-2H;1-2H3;2*3-7H2,1-2H3;2-7H,1H2;1-2H;3*1H4;2*1H2;36*1H/p-1. The molecule has 0 saturated carbocycles. The maximum absolute atomic E-state index is 9.54. The minimum absolute atomic E-state index is 0. The van der Waals surface area contributed by atoms with E-state index in [9.17, 15) is 5.11 Å². The van der Waals surface area contributed by atoms with Gasteiger partial charge in [0.25, 0.3) is 0 Å². The minimum atomic E-state index is 0. The molecular weight excluding hydrogens is 757 g/mol. The topological polar surface area (TPSA) is 86.1 Å². The van der Waals surface area contributed by atoms with Crippen molar-refractivity contribution in [2.24, 2.45) is 0 Å². The molecule has 0 fully saturated rings. The van der Waals surface area contributed by atoms with Crippen molar-refractivity contribution in [3.63, 3.8) is 0 Å². The molecule has 0 aromatic heterocycles. The fourth-order valence-electron chi connectivity index (χ4n) is 2.37. The van der Waals surface area contributed by atoms with Crippen LogP contribution in [0.15, 0.2) is 37.1 Å². The number of rotatable bonds is 10. The molecule has 62 heavy (non-hydrogen) atoms. The van der Waals surface area contributed by atoms with Crippen LogP contribution in [-0.4, -0.2) is 11.0 Å². The lowest BCUT2D eigenvalue weighted by atomic mass is 10.2. The van der Waals surface area contributed by atoms with Crippen molar-refractivity contribution in [3.8, 4) is 203 Å². The zero-order valence-corrected chi connectivity index (χ0v) is 35.4. The SMILES string of the molecule is C.C.C.C#CC#CC#C.C#CC#CC#CC#CC#CC#CC#CC#CC#C.C=CC=CC=C[O-].CC#CC#CC#CC#CC#CC.CCCCCCC.CCCCCCC.O.O.[HH].[HH].[HH].[HH].[HH].[HH].[HH].[HH].[HH].[HH].[HH].[HH].[HH].[HH].[HH].[HH].[HH].[HH].[HH].[HH].[HH].[HH].[HH].[HH].[HH].[HH].[HH].[HH].[HH].[HH].[HH].[HH].[HH].[HH].[HH].[HH]. The molecule has 4 N–H and O–H groups in total. The smallest absolute Gasteiger partial charge is 0 e. The number of terminal acetylenes is 4. The van der Waals surface area contributed by atoms with Crippen LogP contribution in [-0.2, 0) is 0 Å². The van der Waals surface area contributed by atoms with Crippen molar-refractivity contribution in [2.45, 2.75) is 128 Å². The van der Waals surface area contributed by atoms with Crippen LogP contribution in [0.4, 0.5) is 0 Å². The van der Waals surface area contributed by atoms with Crippen LogP contribution in [0.25, 0.3) is 0 Å². The maximum atomic E-state index is 9.54. The van der Waals surface area contributed by atoms with E-state index in [-0.39, 0.29) is 84.6 Å². The molecule has 0 aromatic rings. The lowest BCUT2D eigenvalue weighted by Crippen LogP contribution is -1.81. The lowest BCUT2D eigenvalue weighted by molar-refractivity contribution is -0.274. The molecule has 0 aliphatic heterocycles. The van der Waals surface area contributed by atoms with Gasteiger partial charge in [-0.15, -0.1) is 32.0 Å². The summed E-state index contributed by atoms with van der Waals surface area (Å²) in [5.41, 5.74) is 0. The summed E-state index contributed by atoms with van der Waals surface area (Å²) in [5, 5.41) is 9.54. The molecule has 0 spiro atoms. The van der Waals surface area contributed by atoms with Gasteiger partial charge in [-0.3, -0.25) is 0 Å². The van der Waals surface area contributed by atoms with Gasteiger partial charge in [0.1, 0.15) is 0 Å². The molecule has 0 radical (unpaired) electrons. The fraction of sp³-hybridized carbons (Fsp3) is 0.322. The number of hydrogen-bond acceptors (Lipinski definition) is 1. The largest absolute Gasteiger partial charge is 0.878 e. The van der Waals surface area contributed by atoms with Crippen molar-refractivity contribution < 1.29 is 67.4 Å². The van der Waals surface area contributed by atoms with E-state index in [0.717, 1.165) is 6.26 Å². The molecular formula is C59H137O3-. The molecule has 3 nitrogen and oxygen atoms in total. The van der Waals surface area contributed by atoms with E-state index in [1.807, 2.05) is 0 Å². The molecule has 0 unspecified atom stereocenters. The van der Waals surface area contributed by atoms with Crippen LogP contribution in [0.2, 0.25) is 0 Å². The predicted molar refractivity (Wildman–Crippen MR) is 349 cm³/mol. The van der Waals surface area contributed by atoms with Gasteiger partial charge in [-0.2, -0.15) is 0 Å². The van der Waals surface area contributed by atoms with Gasteiger partial charge >= 0.3 is 0 Å². The van der Waals surface area contributed by atoms with Gasteiger partial charge < -0.3 is 16.1 Å². The quantitative estimate of drug-likeness (QED) is 0.0930. The number of unbranched alkanes of at least 4 members (excludes halogenated alkanes) is 8. The van der Waals surface area contributed by atoms with E-state index in [0.29, 0.717) is 0 Å². The third-order valence-corrected chi connectivity index (χ3v) is 4.70. The van der Waals surface area contributed by atoms with Crippen molar-refractivity contribution in [2.75, 3.05) is 0 Å². The van der Waals surface area contributed by atoms with Gasteiger partial charge in [-0.25, -0.2) is 0 Å². The van der Waals surface area contributed by atoms with Crippen LogP contribution < -0.4 is 5.11 Å². The second kappa shape index (κ2) is 105. The first kappa shape index (κ1) is 81.6. The molecule has 392 valence electrons. The Morgan fingerprint density at radius 1 is 0.371 bits per heavy atom. The number of hydrogen-bond donors (Lipinski definition) is 0. The third kappa shape index (κ3) is 141. The monoisotopic (exact) mass is 894 g/mol. The van der Waals surface area contributed by atoms with E-state index in [1.54, 1.807) is 32.1 Å². The third-order valence-electron chi connectivity index (χ3n) is 4.70. The summed E-state index contributed by atoms with van der Waals surface area (Å²) < 4.78 is 0. The summed E-state index contributed by atoms with van der Waals surface area (Å²) >= 11 is 0. The summed E-state index contributed by atoms with van der Waals surface area (Å²) in [6.07, 6.45) is 40.2. The molecule has 3 heteroatoms. The highest BCUT2D eigenvalue weighted by atomic mass is 16.2. The fourth-order valence-corrected chi connectivity index (χ4v) is 2.37. The Morgan fingerprint density at radius 2 is 0.581 bits per heavy atom. The Hall–Kier alpha value is -8.54. The highest BCUT2D eigenvalue weighted by Gasteiger charge is 1.80. The first-order chi connectivity index (χ1) is 28.0. The van der Waals surface area contributed by atoms with E-state index < -0.39 is 0 Å². The van der Waals surface area contributed by atoms with Crippen LogP contribution in [0.1, 0.15) is 179 Å². The zero-order chi connectivity index (χ0) is 43.8. The van der Waals surface area contributed by atoms with E-state index >= 15 is 0 Å². The van der Waals surface area contributed by atoms with Gasteiger partial charge in [0.05, 0.1) is 0 Å². The molecule has 0 saturated heterocycles. The second-order valence-electron chi connectivity index (χ2n) is 9.15. The van der Waals surface area contributed by atoms with Gasteiger partial charge in [0.15, 0.2) is 0 Å². The first-order valence-electron chi connectivity index (χ1n) is 17.7. The van der Waals surface area contributed by atoms with Crippen LogP contribution in [0, 0.1) is 203 Å². The summed E-state index contributed by atoms with van der Waals surface area (Å²) in [5.74, 6) is 72.4. The van der Waals surface area contributed by atoms with E-state index in [2.05, 4.69) is 212 Å². The Balaban J connectivity index is -0.00000000672. The molecule has 0 amide bonds. The molecule has 0 bridgehead atoms. The predicted octanol–water partition coefficient (Wildman–Crippen LogP) is 17.2. The summed E-state index contributed by atoms with van der Waals surface area (Å²) in [4.78, 5) is 0. The first-order valence-corrected chi connectivity index (χ1v) is 17.7. The highest BCUT2D eigenvalue weighted by molar-refractivity contribution is 5.46. The lowest BCUT2D eigenvalue weighted by Gasteiger charge is -1.90. The van der Waals surface area contributed by atoms with Gasteiger partial charge in [0, 0.05) is 51.4 Å². The summed E-state index contributed by atoms with van der Waals surface area (Å²) in [7, 11) is 0. The van der Waals surface area contributed by atoms with E-state index in [1.165, 1.54) is 70.3 Å². The summed E-state index contributed by atoms with van der Waals surface area (Å²) in [6.45, 7) is 15.8. The van der Waals surface area contributed by atoms with Gasteiger partial charge in [0.2, 0.25) is 0 Å². The highest BCUT2D eigenvalue weighted by Crippen LogP contribution is 2.00. The minimum Gasteiger partial charge on any atom is -0.878 e. The molecule has 0 atom stereocenters. The Kier molecular flexibility index (Phi) is 138. The molecule has 0 aliphatic rings. The van der Waals surface area contributed by atoms with Crippen molar-refractivity contribution in [3.05, 3.63) is 37.1 Å². The van der Waals surface area contributed by atoms with Gasteiger partial charge in [-0.1, -0.05) is 157 Å². The van der Waals surface area contributed by atoms with Crippen molar-refractivity contribution in [1.82, 2.24) is 0 Å². The van der Waals surface area contributed by atoms with Crippen molar-refractivity contribution >= 4 is 0 Å². The molecule has 0 heterocycles. The maximum Gasteiger partial charge on any atom is 0 e. The molecule has 0 rings (SSSR count). The van der Waals surface area contributed by atoms with Crippen molar-refractivity contribution in [1.29, 1.82) is 0 Å². The number of allylic oxidation sites excluding steroid dienone is 4. The van der Waals surface area contributed by atoms with Crippen LogP contribution >= 0.6 is 0 Å². The van der Waals surface area contributed by atoms with E-state index in [4.69, 9.17) is 25.7 Å². The zero-order valence-electron chi connectivity index (χ0n) is 35.4. The Labute approximate surface area is 436 Å². The average Bonchev–Trinajstić information content (AvgIpc) is 3.23. The molecule has 0 aliphatic carbocycles. The Morgan fingerprint density at radius 3 is 0.758 bits per heavy atom. The summed E-state index contributed by atoms with van der Waals surface area (Å²) in [6, 6.07) is 0.